The Morgan fingerprint density at radius 1 is 1.36 bits per heavy atom. The lowest BCUT2D eigenvalue weighted by atomic mass is 10.3. The van der Waals surface area contributed by atoms with Crippen molar-refractivity contribution in [1.82, 2.24) is 4.68 Å². The highest BCUT2D eigenvalue weighted by Crippen LogP contribution is 1.96. The zero-order chi connectivity index (χ0) is 8.27. The number of aryl methyl sites for hydroxylation is 3. The summed E-state index contributed by atoms with van der Waals surface area (Å²) in [4.78, 5) is 0. The molecule has 0 N–H and O–H groups in total. The molecule has 0 saturated heterocycles. The van der Waals surface area contributed by atoms with Crippen LogP contribution in [0.4, 0.5) is 0 Å². The molecule has 0 unspecified atom stereocenters. The summed E-state index contributed by atoms with van der Waals surface area (Å²) in [6.45, 7) is 8.66. The highest BCUT2D eigenvalue weighted by Gasteiger charge is 2.06. The molecular weight excluding hydrogens is 136 g/mol. The number of hydrogen-bond acceptors (Lipinski definition) is 0. The molecule has 0 aromatic carbocycles. The van der Waals surface area contributed by atoms with Crippen molar-refractivity contribution in [3.05, 3.63) is 18.0 Å². The molecular formula is C9H17N2+. The first-order valence-electron chi connectivity index (χ1n) is 4.40. The predicted molar refractivity (Wildman–Crippen MR) is 45.4 cm³/mol. The summed E-state index contributed by atoms with van der Waals surface area (Å²) in [5.41, 5.74) is 1.42. The van der Waals surface area contributed by atoms with Crippen molar-refractivity contribution < 1.29 is 4.68 Å². The van der Waals surface area contributed by atoms with Crippen LogP contribution in [0.5, 0.6) is 0 Å². The summed E-state index contributed by atoms with van der Waals surface area (Å²) in [5, 5.41) is 0. The van der Waals surface area contributed by atoms with Crippen molar-refractivity contribution in [2.24, 2.45) is 0 Å². The average Bonchev–Trinajstić information content (AvgIpc) is 2.46. The van der Waals surface area contributed by atoms with Crippen LogP contribution in [-0.4, -0.2) is 4.68 Å². The van der Waals surface area contributed by atoms with Crippen molar-refractivity contribution >= 4 is 0 Å². The molecule has 0 amide bonds. The summed E-state index contributed by atoms with van der Waals surface area (Å²) in [5.74, 6) is 0. The average molecular weight is 153 g/mol. The molecule has 2 nitrogen and oxygen atoms in total. The van der Waals surface area contributed by atoms with Gasteiger partial charge in [-0.1, -0.05) is 6.92 Å². The second-order valence-electron chi connectivity index (χ2n) is 2.70. The molecule has 62 valence electrons. The molecule has 1 heterocycles. The first kappa shape index (κ1) is 8.31. The van der Waals surface area contributed by atoms with Crippen LogP contribution in [-0.2, 0) is 19.5 Å². The van der Waals surface area contributed by atoms with E-state index < -0.39 is 0 Å². The maximum Gasteiger partial charge on any atom is 0.198 e. The topological polar surface area (TPSA) is 8.81 Å². The third kappa shape index (κ3) is 1.62. The minimum absolute atomic E-state index is 1.06. The fraction of sp³-hybridized carbons (Fsp3) is 0.667. The summed E-state index contributed by atoms with van der Waals surface area (Å²) < 4.78 is 4.50. The molecule has 0 aliphatic heterocycles. The van der Waals surface area contributed by atoms with Gasteiger partial charge in [-0.25, -0.2) is 0 Å². The Kier molecular flexibility index (Phi) is 2.69. The Balaban J connectivity index is 2.92. The van der Waals surface area contributed by atoms with Crippen molar-refractivity contribution in [2.75, 3.05) is 0 Å². The molecule has 0 fully saturated rings. The lowest BCUT2D eigenvalue weighted by molar-refractivity contribution is -0.772. The quantitative estimate of drug-likeness (QED) is 0.580. The third-order valence-corrected chi connectivity index (χ3v) is 2.02. The van der Waals surface area contributed by atoms with E-state index in [0.717, 1.165) is 19.5 Å². The van der Waals surface area contributed by atoms with Gasteiger partial charge in [-0.2, -0.15) is 4.68 Å². The van der Waals surface area contributed by atoms with Crippen LogP contribution in [0.1, 0.15) is 26.3 Å². The molecule has 0 aliphatic carbocycles. The highest BCUT2D eigenvalue weighted by atomic mass is 15.4. The number of aromatic nitrogens is 2. The smallest absolute Gasteiger partial charge is 0.161 e. The van der Waals surface area contributed by atoms with E-state index in [1.165, 1.54) is 5.56 Å². The highest BCUT2D eigenvalue weighted by molar-refractivity contribution is 4.99. The minimum atomic E-state index is 1.06. The van der Waals surface area contributed by atoms with Gasteiger partial charge in [0, 0.05) is 5.56 Å². The summed E-state index contributed by atoms with van der Waals surface area (Å²) in [6, 6.07) is 0. The van der Waals surface area contributed by atoms with E-state index in [-0.39, 0.29) is 0 Å². The van der Waals surface area contributed by atoms with E-state index in [1.807, 2.05) is 0 Å². The van der Waals surface area contributed by atoms with Crippen LogP contribution in [0.3, 0.4) is 0 Å². The molecule has 0 radical (unpaired) electrons. The van der Waals surface area contributed by atoms with Gasteiger partial charge in [-0.15, -0.1) is 4.68 Å². The van der Waals surface area contributed by atoms with Crippen LogP contribution in [0, 0.1) is 0 Å². The lowest BCUT2D eigenvalue weighted by Gasteiger charge is -1.93. The Morgan fingerprint density at radius 3 is 2.45 bits per heavy atom. The Hall–Kier alpha value is -0.790. The molecule has 0 aliphatic rings. The second kappa shape index (κ2) is 3.56. The Labute approximate surface area is 68.4 Å². The molecule has 1 rings (SSSR count). The molecule has 1 aromatic rings. The first-order chi connectivity index (χ1) is 5.31. The normalized spacial score (nSPS) is 10.5. The Morgan fingerprint density at radius 2 is 2.09 bits per heavy atom. The lowest BCUT2D eigenvalue weighted by Crippen LogP contribution is -2.40. The van der Waals surface area contributed by atoms with Crippen molar-refractivity contribution in [1.29, 1.82) is 0 Å². The van der Waals surface area contributed by atoms with Crippen LogP contribution < -0.4 is 4.68 Å². The van der Waals surface area contributed by atoms with Gasteiger partial charge in [-0.3, -0.25) is 0 Å². The standard InChI is InChI=1S/C9H17N2/c1-4-9-7-10(5-2)11(6-3)8-9/h7-8H,4-6H2,1-3H3/q+1. The molecule has 0 atom stereocenters. The van der Waals surface area contributed by atoms with Gasteiger partial charge in [0.15, 0.2) is 12.7 Å². The summed E-state index contributed by atoms with van der Waals surface area (Å²) in [6.07, 6.45) is 5.58. The van der Waals surface area contributed by atoms with Gasteiger partial charge in [0.05, 0.1) is 12.7 Å². The van der Waals surface area contributed by atoms with Crippen molar-refractivity contribution in [3.63, 3.8) is 0 Å². The molecule has 0 spiro atoms. The van der Waals surface area contributed by atoms with Crippen LogP contribution in [0.25, 0.3) is 0 Å². The fourth-order valence-electron chi connectivity index (χ4n) is 1.29. The summed E-state index contributed by atoms with van der Waals surface area (Å²) in [7, 11) is 0. The van der Waals surface area contributed by atoms with Gasteiger partial charge in [0.25, 0.3) is 0 Å². The predicted octanol–water partition coefficient (Wildman–Crippen LogP) is 1.38. The Bertz CT molecular complexity index is 204. The van der Waals surface area contributed by atoms with Gasteiger partial charge >= 0.3 is 0 Å². The second-order valence-corrected chi connectivity index (χ2v) is 2.70. The zero-order valence-electron chi connectivity index (χ0n) is 7.67. The molecule has 1 aromatic heterocycles. The SMILES string of the molecule is CCc1cn(CC)[n+](CC)c1. The first-order valence-corrected chi connectivity index (χ1v) is 4.40. The van der Waals surface area contributed by atoms with E-state index >= 15 is 0 Å². The van der Waals surface area contributed by atoms with E-state index in [4.69, 9.17) is 0 Å². The number of hydrogen-bond donors (Lipinski definition) is 0. The van der Waals surface area contributed by atoms with Gasteiger partial charge in [0.1, 0.15) is 0 Å². The van der Waals surface area contributed by atoms with Crippen LogP contribution >= 0.6 is 0 Å². The molecule has 0 saturated carbocycles. The largest absolute Gasteiger partial charge is 0.198 e. The van der Waals surface area contributed by atoms with E-state index in [0.29, 0.717) is 0 Å². The van der Waals surface area contributed by atoms with Crippen LogP contribution in [0.15, 0.2) is 12.4 Å². The van der Waals surface area contributed by atoms with Crippen molar-refractivity contribution in [3.8, 4) is 0 Å². The van der Waals surface area contributed by atoms with Crippen molar-refractivity contribution in [2.45, 2.75) is 40.3 Å². The van der Waals surface area contributed by atoms with E-state index in [9.17, 15) is 0 Å². The third-order valence-electron chi connectivity index (χ3n) is 2.02. The maximum atomic E-state index is 2.25. The zero-order valence-corrected chi connectivity index (χ0v) is 7.67. The molecule has 11 heavy (non-hydrogen) atoms. The van der Waals surface area contributed by atoms with Gasteiger partial charge in [-0.05, 0) is 20.3 Å². The minimum Gasteiger partial charge on any atom is -0.161 e. The van der Waals surface area contributed by atoms with Gasteiger partial charge < -0.3 is 0 Å². The number of rotatable bonds is 3. The van der Waals surface area contributed by atoms with Crippen LogP contribution in [0.2, 0.25) is 0 Å². The molecule has 2 heteroatoms. The number of nitrogens with zero attached hydrogens (tertiary/aromatic N) is 2. The summed E-state index contributed by atoms with van der Waals surface area (Å²) >= 11 is 0. The van der Waals surface area contributed by atoms with Gasteiger partial charge in [0.2, 0.25) is 0 Å². The molecule has 0 bridgehead atoms. The fourth-order valence-corrected chi connectivity index (χ4v) is 1.29. The van der Waals surface area contributed by atoms with E-state index in [1.54, 1.807) is 0 Å². The monoisotopic (exact) mass is 153 g/mol. The maximum absolute atomic E-state index is 2.25. The van der Waals surface area contributed by atoms with E-state index in [2.05, 4.69) is 42.5 Å².